The maximum Gasteiger partial charge on any atom is 0.240 e. The molecule has 138 valence electrons. The smallest absolute Gasteiger partial charge is 0.240 e. The number of amides is 1. The summed E-state index contributed by atoms with van der Waals surface area (Å²) in [7, 11) is -3.59. The van der Waals surface area contributed by atoms with Crippen LogP contribution in [-0.2, 0) is 14.8 Å². The summed E-state index contributed by atoms with van der Waals surface area (Å²) >= 11 is 0. The normalized spacial score (nSPS) is 32.0. The molecule has 3 fully saturated rings. The molecule has 25 heavy (non-hydrogen) atoms. The fraction of sp³-hybridized carbons (Fsp3) is 0.588. The third kappa shape index (κ3) is 3.30. The molecule has 0 aliphatic heterocycles. The number of rotatable bonds is 6. The van der Waals surface area contributed by atoms with Gasteiger partial charge in [-0.3, -0.25) is 4.79 Å². The number of hydrogen-bond acceptors (Lipinski definition) is 4. The summed E-state index contributed by atoms with van der Waals surface area (Å²) in [6, 6.07) is 6.39. The van der Waals surface area contributed by atoms with Crippen molar-refractivity contribution < 1.29 is 13.2 Å². The molecule has 6 nitrogen and oxygen atoms in total. The Morgan fingerprint density at radius 1 is 1.20 bits per heavy atom. The minimum Gasteiger partial charge on any atom is -0.329 e. The Balaban J connectivity index is 0.00000182. The van der Waals surface area contributed by atoms with E-state index in [1.165, 1.54) is 31.4 Å². The van der Waals surface area contributed by atoms with Gasteiger partial charge in [0.2, 0.25) is 15.9 Å². The number of carbonyl (C=O) groups excluding carboxylic acids is 1. The first-order valence-electron chi connectivity index (χ1n) is 8.62. The quantitative estimate of drug-likeness (QED) is 0.691. The molecule has 3 aliphatic rings. The Morgan fingerprint density at radius 2 is 1.88 bits per heavy atom. The van der Waals surface area contributed by atoms with Crippen molar-refractivity contribution in [3.63, 3.8) is 0 Å². The molecule has 1 aromatic carbocycles. The molecule has 0 saturated heterocycles. The molecular formula is C17H24ClN3O3S. The van der Waals surface area contributed by atoms with Crippen LogP contribution in [0.1, 0.15) is 19.3 Å². The van der Waals surface area contributed by atoms with Gasteiger partial charge in [0.15, 0.2) is 0 Å². The zero-order valence-corrected chi connectivity index (χ0v) is 15.5. The molecule has 3 saturated carbocycles. The predicted octanol–water partition coefficient (Wildman–Crippen LogP) is 1.58. The highest BCUT2D eigenvalue weighted by atomic mass is 35.5. The van der Waals surface area contributed by atoms with E-state index in [4.69, 9.17) is 5.73 Å². The fourth-order valence-electron chi connectivity index (χ4n) is 4.92. The van der Waals surface area contributed by atoms with Gasteiger partial charge in [-0.15, -0.1) is 12.4 Å². The number of halogens is 1. The first kappa shape index (κ1) is 18.6. The van der Waals surface area contributed by atoms with Crippen molar-refractivity contribution in [2.45, 2.75) is 24.2 Å². The van der Waals surface area contributed by atoms with Crippen LogP contribution in [0.25, 0.3) is 0 Å². The Morgan fingerprint density at radius 3 is 2.52 bits per heavy atom. The molecule has 2 bridgehead atoms. The van der Waals surface area contributed by atoms with Gasteiger partial charge in [-0.25, -0.2) is 13.1 Å². The lowest BCUT2D eigenvalue weighted by atomic mass is 10.0. The molecule has 4 N–H and O–H groups in total. The Kier molecular flexibility index (Phi) is 5.12. The molecule has 4 unspecified atom stereocenters. The average molecular weight is 386 g/mol. The van der Waals surface area contributed by atoms with Crippen LogP contribution in [0.5, 0.6) is 0 Å². The maximum atomic E-state index is 12.5. The molecule has 8 heteroatoms. The number of carbonyl (C=O) groups is 1. The molecule has 0 heterocycles. The van der Waals surface area contributed by atoms with E-state index in [-0.39, 0.29) is 42.2 Å². The van der Waals surface area contributed by atoms with Crippen LogP contribution in [0.15, 0.2) is 29.2 Å². The lowest BCUT2D eigenvalue weighted by Gasteiger charge is -2.11. The SMILES string of the molecule is Cl.NCCNS(=O)(=O)c1cccc(NC(=O)C2C3C4CCC(C4)C23)c1. The number of benzene rings is 1. The first-order chi connectivity index (χ1) is 11.5. The summed E-state index contributed by atoms with van der Waals surface area (Å²) in [5.74, 6) is 2.80. The number of nitrogens with two attached hydrogens (primary N) is 1. The van der Waals surface area contributed by atoms with Crippen molar-refractivity contribution in [3.05, 3.63) is 24.3 Å². The van der Waals surface area contributed by atoms with Crippen molar-refractivity contribution in [2.24, 2.45) is 35.3 Å². The highest BCUT2D eigenvalue weighted by Gasteiger charge is 2.67. The Bertz CT molecular complexity index is 754. The minimum atomic E-state index is -3.59. The van der Waals surface area contributed by atoms with Crippen LogP contribution in [-0.4, -0.2) is 27.4 Å². The summed E-state index contributed by atoms with van der Waals surface area (Å²) in [6.45, 7) is 0.426. The Hall–Kier alpha value is -1.15. The van der Waals surface area contributed by atoms with Crippen molar-refractivity contribution in [1.29, 1.82) is 0 Å². The number of anilines is 1. The van der Waals surface area contributed by atoms with E-state index >= 15 is 0 Å². The highest BCUT2D eigenvalue weighted by Crippen LogP contribution is 2.69. The van der Waals surface area contributed by atoms with Gasteiger partial charge in [0.1, 0.15) is 0 Å². The molecular weight excluding hydrogens is 362 g/mol. The molecule has 0 aromatic heterocycles. The van der Waals surface area contributed by atoms with Gasteiger partial charge in [0.25, 0.3) is 0 Å². The Labute approximate surface area is 154 Å². The molecule has 1 amide bonds. The van der Waals surface area contributed by atoms with E-state index in [1.54, 1.807) is 12.1 Å². The number of sulfonamides is 1. The van der Waals surface area contributed by atoms with Crippen LogP contribution in [0.3, 0.4) is 0 Å². The molecule has 1 aromatic rings. The van der Waals surface area contributed by atoms with E-state index in [1.807, 2.05) is 0 Å². The molecule has 4 atom stereocenters. The number of hydrogen-bond donors (Lipinski definition) is 3. The van der Waals surface area contributed by atoms with Gasteiger partial charge in [-0.1, -0.05) is 6.07 Å². The molecule has 3 aliphatic carbocycles. The zero-order valence-electron chi connectivity index (χ0n) is 13.9. The van der Waals surface area contributed by atoms with Crippen molar-refractivity contribution in [2.75, 3.05) is 18.4 Å². The van der Waals surface area contributed by atoms with E-state index in [2.05, 4.69) is 10.0 Å². The van der Waals surface area contributed by atoms with Gasteiger partial charge in [-0.05, 0) is 61.1 Å². The lowest BCUT2D eigenvalue weighted by molar-refractivity contribution is -0.118. The van der Waals surface area contributed by atoms with Crippen LogP contribution >= 0.6 is 12.4 Å². The topological polar surface area (TPSA) is 101 Å². The third-order valence-corrected chi connectivity index (χ3v) is 7.35. The summed E-state index contributed by atoms with van der Waals surface area (Å²) in [5, 5.41) is 2.91. The molecule has 0 spiro atoms. The van der Waals surface area contributed by atoms with Crippen LogP contribution in [0.2, 0.25) is 0 Å². The summed E-state index contributed by atoms with van der Waals surface area (Å²) in [6.07, 6.45) is 3.85. The summed E-state index contributed by atoms with van der Waals surface area (Å²) in [5.41, 5.74) is 5.87. The maximum absolute atomic E-state index is 12.5. The van der Waals surface area contributed by atoms with E-state index in [9.17, 15) is 13.2 Å². The second kappa shape index (κ2) is 6.87. The summed E-state index contributed by atoms with van der Waals surface area (Å²) in [4.78, 5) is 12.7. The van der Waals surface area contributed by atoms with E-state index in [0.717, 1.165) is 11.8 Å². The number of fused-ring (bicyclic) bond motifs is 5. The minimum absolute atomic E-state index is 0. The van der Waals surface area contributed by atoms with Gasteiger partial charge in [0.05, 0.1) is 4.90 Å². The van der Waals surface area contributed by atoms with Crippen LogP contribution in [0.4, 0.5) is 5.69 Å². The van der Waals surface area contributed by atoms with Crippen molar-refractivity contribution in [3.8, 4) is 0 Å². The molecule has 4 rings (SSSR count). The van der Waals surface area contributed by atoms with Gasteiger partial charge < -0.3 is 11.1 Å². The monoisotopic (exact) mass is 385 g/mol. The summed E-state index contributed by atoms with van der Waals surface area (Å²) < 4.78 is 26.7. The van der Waals surface area contributed by atoms with Gasteiger partial charge >= 0.3 is 0 Å². The first-order valence-corrected chi connectivity index (χ1v) is 10.1. The van der Waals surface area contributed by atoms with Crippen LogP contribution < -0.4 is 15.8 Å². The standard InChI is InChI=1S/C17H23N3O3S.ClH/c18-6-7-19-24(22,23)13-3-1-2-12(9-13)20-17(21)16-14-10-4-5-11(8-10)15(14)16;/h1-3,9-11,14-16,19H,4-8,18H2,(H,20,21);1H. The van der Waals surface area contributed by atoms with E-state index < -0.39 is 10.0 Å². The highest BCUT2D eigenvalue weighted by molar-refractivity contribution is 7.89. The second-order valence-corrected chi connectivity index (χ2v) is 8.98. The van der Waals surface area contributed by atoms with Gasteiger partial charge in [-0.2, -0.15) is 0 Å². The van der Waals surface area contributed by atoms with E-state index in [0.29, 0.717) is 17.5 Å². The predicted molar refractivity (Wildman–Crippen MR) is 97.9 cm³/mol. The number of nitrogens with one attached hydrogen (secondary N) is 2. The average Bonchev–Trinajstić information content (AvgIpc) is 3.02. The third-order valence-electron chi connectivity index (χ3n) is 5.89. The van der Waals surface area contributed by atoms with Crippen molar-refractivity contribution in [1.82, 2.24) is 4.72 Å². The molecule has 0 radical (unpaired) electrons. The van der Waals surface area contributed by atoms with Crippen LogP contribution in [0, 0.1) is 29.6 Å². The lowest BCUT2D eigenvalue weighted by Crippen LogP contribution is -2.29. The van der Waals surface area contributed by atoms with Gasteiger partial charge in [0, 0.05) is 24.7 Å². The zero-order chi connectivity index (χ0) is 16.9. The largest absolute Gasteiger partial charge is 0.329 e. The second-order valence-electron chi connectivity index (χ2n) is 7.22. The van der Waals surface area contributed by atoms with Crippen molar-refractivity contribution >= 4 is 34.0 Å². The fourth-order valence-corrected chi connectivity index (χ4v) is 6.01.